The van der Waals surface area contributed by atoms with Gasteiger partial charge in [0, 0.05) is 0 Å². The van der Waals surface area contributed by atoms with Gasteiger partial charge in [0.05, 0.1) is 11.0 Å². The molecule has 10 rings (SSSR count). The third kappa shape index (κ3) is 3.45. The molecule has 0 bridgehead atoms. The quantitative estimate of drug-likeness (QED) is 0.166. The van der Waals surface area contributed by atoms with E-state index in [1.54, 1.807) is 0 Å². The first-order chi connectivity index (χ1) is 22.7. The molecule has 0 saturated heterocycles. The zero-order valence-corrected chi connectivity index (χ0v) is 26.9. The number of hydrogen-bond donors (Lipinski definition) is 0. The van der Waals surface area contributed by atoms with Gasteiger partial charge in [0.25, 0.3) is 0 Å². The van der Waals surface area contributed by atoms with E-state index in [9.17, 15) is 0 Å². The summed E-state index contributed by atoms with van der Waals surface area (Å²) in [7, 11) is 2.11. The van der Waals surface area contributed by atoms with Gasteiger partial charge >= 0.3 is 222 Å². The second-order valence-corrected chi connectivity index (χ2v) is 12.6. The summed E-state index contributed by atoms with van der Waals surface area (Å²) in [6.07, 6.45) is 0. The summed E-state index contributed by atoms with van der Waals surface area (Å²) in [5.41, 5.74) is 11.6. The van der Waals surface area contributed by atoms with Crippen LogP contribution in [0.25, 0.3) is 77.7 Å². The Morgan fingerprint density at radius 3 is 1.91 bits per heavy atom. The van der Waals surface area contributed by atoms with Gasteiger partial charge < -0.3 is 0 Å². The van der Waals surface area contributed by atoms with Gasteiger partial charge in [-0.15, -0.1) is 0 Å². The van der Waals surface area contributed by atoms with E-state index in [2.05, 4.69) is 183 Å². The van der Waals surface area contributed by atoms with Gasteiger partial charge in [-0.2, -0.15) is 0 Å². The van der Waals surface area contributed by atoms with E-state index in [0.29, 0.717) is 0 Å². The maximum atomic E-state index is 5.10. The summed E-state index contributed by atoms with van der Waals surface area (Å²) in [4.78, 5) is 5.10. The van der Waals surface area contributed by atoms with Gasteiger partial charge in [0.15, 0.2) is 0 Å². The Hall–Kier alpha value is -5.45. The number of aryl methyl sites for hydroxylation is 1. The number of para-hydroxylation sites is 7. The van der Waals surface area contributed by atoms with Crippen molar-refractivity contribution in [2.75, 3.05) is 0 Å². The van der Waals surface area contributed by atoms with E-state index < -0.39 is 0 Å². The minimum atomic E-state index is 0.871. The van der Waals surface area contributed by atoms with E-state index in [0.717, 1.165) is 70.6 Å². The average molecular weight is 772 g/mol. The predicted molar refractivity (Wildman–Crippen MR) is 181 cm³/mol. The fourth-order valence-electron chi connectivity index (χ4n) is 7.05. The SMILES string of the molecule is Cn1[c](=[Pt])n(-c2[c-]c(-n3c4[c-]c(-n5c6ccccc6n6c7ccccc7nc56)ccc4c4ccccc43)ccc2)c2ccccc21. The number of nitrogens with zero attached hydrogens (tertiary/aromatic N) is 6. The molecule has 0 spiro atoms. The normalized spacial score (nSPS) is 12.2. The van der Waals surface area contributed by atoms with Gasteiger partial charge in [-0.1, -0.05) is 24.3 Å². The predicted octanol–water partition coefficient (Wildman–Crippen LogP) is 8.49. The van der Waals surface area contributed by atoms with Gasteiger partial charge in [-0.3, -0.25) is 0 Å². The fraction of sp³-hybridized carbons (Fsp3) is 0.0256. The molecule has 0 fully saturated rings. The fourth-order valence-corrected chi connectivity index (χ4v) is 7.87. The van der Waals surface area contributed by atoms with Crippen molar-refractivity contribution in [1.29, 1.82) is 0 Å². The van der Waals surface area contributed by atoms with E-state index in [-0.39, 0.29) is 0 Å². The number of imidazole rings is 3. The van der Waals surface area contributed by atoms with Crippen LogP contribution in [0, 0.1) is 15.9 Å². The van der Waals surface area contributed by atoms with Crippen molar-refractivity contribution < 1.29 is 19.4 Å². The second kappa shape index (κ2) is 9.52. The Labute approximate surface area is 274 Å². The van der Waals surface area contributed by atoms with Crippen LogP contribution in [0.5, 0.6) is 0 Å². The van der Waals surface area contributed by atoms with Crippen LogP contribution in [0.2, 0.25) is 0 Å². The molecule has 0 radical (unpaired) electrons. The first kappa shape index (κ1) is 25.8. The van der Waals surface area contributed by atoms with Crippen molar-refractivity contribution in [3.8, 4) is 17.1 Å². The zero-order valence-electron chi connectivity index (χ0n) is 24.6. The monoisotopic (exact) mass is 771 g/mol. The van der Waals surface area contributed by atoms with Crippen molar-refractivity contribution in [3.63, 3.8) is 0 Å². The third-order valence-electron chi connectivity index (χ3n) is 9.07. The van der Waals surface area contributed by atoms with E-state index >= 15 is 0 Å². The molecule has 222 valence electrons. The van der Waals surface area contributed by atoms with Crippen LogP contribution in [0.4, 0.5) is 0 Å². The maximum absolute atomic E-state index is 5.10. The Bertz CT molecular complexity index is 2910. The summed E-state index contributed by atoms with van der Waals surface area (Å²) in [5, 5.41) is 2.33. The molecule has 0 aliphatic carbocycles. The van der Waals surface area contributed by atoms with Crippen LogP contribution < -0.4 is 0 Å². The van der Waals surface area contributed by atoms with E-state index in [1.165, 1.54) is 10.9 Å². The molecule has 0 aliphatic heterocycles. The van der Waals surface area contributed by atoms with Gasteiger partial charge in [0.2, 0.25) is 0 Å². The second-order valence-electron chi connectivity index (χ2n) is 11.6. The number of hydrogen-bond acceptors (Lipinski definition) is 1. The Balaban J connectivity index is 1.26. The summed E-state index contributed by atoms with van der Waals surface area (Å²) < 4.78 is 12.4. The number of aromatic nitrogens is 6. The van der Waals surface area contributed by atoms with E-state index in [4.69, 9.17) is 4.98 Å². The molecule has 0 atom stereocenters. The van der Waals surface area contributed by atoms with Crippen LogP contribution >= 0.6 is 0 Å². The first-order valence-electron chi connectivity index (χ1n) is 15.1. The van der Waals surface area contributed by atoms with Crippen LogP contribution in [0.1, 0.15) is 0 Å². The molecular formula is C39H24N6Pt-2. The topological polar surface area (TPSA) is 37.0 Å². The minimum absolute atomic E-state index is 0.871. The standard InChI is InChI=1S/C39H24N6.Pt/c1-41-25-42(35-18-7-6-17-34(35)41)26-11-10-12-27(23-26)43-32-15-4-2-13-29(32)30-22-21-28(24-38(30)43)44-36-19-8-9-20-37(36)45-33-16-5-3-14-31(33)40-39(44)45;/h2-22H,1H3;/q-2;. The molecule has 0 aliphatic rings. The van der Waals surface area contributed by atoms with Crippen molar-refractivity contribution in [1.82, 2.24) is 27.7 Å². The molecule has 4 aromatic heterocycles. The molecular weight excluding hydrogens is 748 g/mol. The van der Waals surface area contributed by atoms with Crippen molar-refractivity contribution in [3.05, 3.63) is 143 Å². The zero-order chi connectivity index (χ0) is 30.5. The first-order valence-corrected chi connectivity index (χ1v) is 16.3. The number of benzene rings is 6. The Morgan fingerprint density at radius 1 is 0.500 bits per heavy atom. The van der Waals surface area contributed by atoms with Crippen molar-refractivity contribution in [2.45, 2.75) is 0 Å². The molecule has 4 heterocycles. The van der Waals surface area contributed by atoms with E-state index in [1.807, 2.05) is 6.07 Å². The van der Waals surface area contributed by atoms with Crippen LogP contribution in [0.15, 0.2) is 127 Å². The summed E-state index contributed by atoms with van der Waals surface area (Å²) in [5.74, 6) is 0.871. The molecule has 6 aromatic carbocycles. The molecule has 0 N–H and O–H groups in total. The van der Waals surface area contributed by atoms with Crippen LogP contribution in [0.3, 0.4) is 0 Å². The molecule has 0 amide bonds. The average Bonchev–Trinajstić information content (AvgIpc) is 3.80. The number of fused-ring (bicyclic) bond motifs is 9. The Kier molecular flexibility index (Phi) is 5.35. The van der Waals surface area contributed by atoms with Crippen LogP contribution in [-0.2, 0) is 26.4 Å². The van der Waals surface area contributed by atoms with Gasteiger partial charge in [-0.05, 0) is 18.2 Å². The summed E-state index contributed by atoms with van der Waals surface area (Å²) in [6.45, 7) is 0. The Morgan fingerprint density at radius 2 is 1.11 bits per heavy atom. The van der Waals surface area contributed by atoms with Crippen molar-refractivity contribution >= 4 is 60.7 Å². The van der Waals surface area contributed by atoms with Crippen LogP contribution in [-0.4, -0.2) is 27.7 Å². The van der Waals surface area contributed by atoms with Gasteiger partial charge in [0.1, 0.15) is 0 Å². The third-order valence-corrected chi connectivity index (χ3v) is 10.3. The molecule has 0 unspecified atom stereocenters. The molecule has 10 aromatic rings. The molecule has 46 heavy (non-hydrogen) atoms. The van der Waals surface area contributed by atoms with Crippen molar-refractivity contribution in [2.24, 2.45) is 7.05 Å². The summed E-state index contributed by atoms with van der Waals surface area (Å²) >= 11 is 2.41. The molecule has 6 nitrogen and oxygen atoms in total. The molecule has 7 heteroatoms. The van der Waals surface area contributed by atoms with Gasteiger partial charge in [-0.25, -0.2) is 0 Å². The number of rotatable bonds is 3. The molecule has 0 saturated carbocycles. The summed E-state index contributed by atoms with van der Waals surface area (Å²) in [6, 6.07) is 52.3.